The zero-order valence-electron chi connectivity index (χ0n) is 15.1. The van der Waals surface area contributed by atoms with E-state index >= 15 is 0 Å². The number of pyridine rings is 1. The van der Waals surface area contributed by atoms with Crippen molar-refractivity contribution in [3.8, 4) is 5.88 Å². The fourth-order valence-corrected chi connectivity index (χ4v) is 3.99. The average molecular weight is 372 g/mol. The normalized spacial score (nSPS) is 28.1. The lowest BCUT2D eigenvalue weighted by Gasteiger charge is -2.33. The van der Waals surface area contributed by atoms with Crippen LogP contribution < -0.4 is 15.8 Å². The Hall–Kier alpha value is -2.64. The number of nitrogens with two attached hydrogens (primary N) is 1. The number of amides is 4. The SMILES string of the molecule is NC(=O)c1cccnc1OC1CCC(N2C(=O)N[C@@H](CC3CC3)C2=O)CC1. The summed E-state index contributed by atoms with van der Waals surface area (Å²) in [5, 5.41) is 2.84. The minimum atomic E-state index is -0.576. The van der Waals surface area contributed by atoms with Crippen LogP contribution in [0.25, 0.3) is 0 Å². The number of hydrogen-bond donors (Lipinski definition) is 2. The van der Waals surface area contributed by atoms with E-state index in [4.69, 9.17) is 10.5 Å². The fraction of sp³-hybridized carbons (Fsp3) is 0.579. The van der Waals surface area contributed by atoms with Gasteiger partial charge in [0.2, 0.25) is 5.88 Å². The molecule has 8 heteroatoms. The molecule has 0 aromatic carbocycles. The van der Waals surface area contributed by atoms with Gasteiger partial charge in [-0.15, -0.1) is 0 Å². The number of ether oxygens (including phenoxy) is 1. The van der Waals surface area contributed by atoms with Crippen molar-refractivity contribution >= 4 is 17.8 Å². The standard InChI is InChI=1S/C19H24N4O4/c20-16(24)14-2-1-9-21-17(14)27-13-7-5-12(6-8-13)23-18(25)15(22-19(23)26)10-11-3-4-11/h1-2,9,11-13,15H,3-8,10H2,(H2,20,24)(H,22,26)/t12?,13?,15-/m0/s1. The van der Waals surface area contributed by atoms with Crippen LogP contribution in [-0.4, -0.2) is 45.9 Å². The quantitative estimate of drug-likeness (QED) is 0.736. The van der Waals surface area contributed by atoms with E-state index in [9.17, 15) is 14.4 Å². The number of aromatic nitrogens is 1. The molecule has 0 spiro atoms. The summed E-state index contributed by atoms with van der Waals surface area (Å²) >= 11 is 0. The number of primary amides is 1. The third kappa shape index (κ3) is 3.74. The van der Waals surface area contributed by atoms with Crippen molar-refractivity contribution in [3.63, 3.8) is 0 Å². The molecule has 4 amide bonds. The molecule has 2 aliphatic carbocycles. The van der Waals surface area contributed by atoms with Gasteiger partial charge < -0.3 is 15.8 Å². The van der Waals surface area contributed by atoms with Crippen molar-refractivity contribution in [3.05, 3.63) is 23.9 Å². The van der Waals surface area contributed by atoms with Gasteiger partial charge in [0.15, 0.2) is 0 Å². The van der Waals surface area contributed by atoms with Gasteiger partial charge in [0.25, 0.3) is 11.8 Å². The molecule has 4 rings (SSSR count). The molecule has 27 heavy (non-hydrogen) atoms. The predicted octanol–water partition coefficient (Wildman–Crippen LogP) is 1.59. The van der Waals surface area contributed by atoms with Gasteiger partial charge in [-0.2, -0.15) is 0 Å². The number of urea groups is 1. The molecule has 144 valence electrons. The van der Waals surface area contributed by atoms with Gasteiger partial charge >= 0.3 is 6.03 Å². The second kappa shape index (κ2) is 7.17. The Balaban J connectivity index is 1.34. The summed E-state index contributed by atoms with van der Waals surface area (Å²) in [7, 11) is 0. The van der Waals surface area contributed by atoms with Gasteiger partial charge in [0.05, 0.1) is 0 Å². The molecule has 2 saturated carbocycles. The molecule has 3 aliphatic rings. The van der Waals surface area contributed by atoms with Crippen LogP contribution in [0.5, 0.6) is 5.88 Å². The first-order valence-electron chi connectivity index (χ1n) is 9.58. The summed E-state index contributed by atoms with van der Waals surface area (Å²) in [6.07, 6.45) is 7.24. The molecular formula is C19H24N4O4. The van der Waals surface area contributed by atoms with E-state index in [0.717, 1.165) is 19.3 Å². The minimum Gasteiger partial charge on any atom is -0.474 e. The summed E-state index contributed by atoms with van der Waals surface area (Å²) in [6, 6.07) is 2.51. The van der Waals surface area contributed by atoms with Gasteiger partial charge in [0, 0.05) is 12.2 Å². The van der Waals surface area contributed by atoms with Gasteiger partial charge in [-0.3, -0.25) is 14.5 Å². The Morgan fingerprint density at radius 1 is 1.22 bits per heavy atom. The van der Waals surface area contributed by atoms with Crippen LogP contribution in [-0.2, 0) is 4.79 Å². The lowest BCUT2D eigenvalue weighted by molar-refractivity contribution is -0.130. The summed E-state index contributed by atoms with van der Waals surface area (Å²) in [6.45, 7) is 0. The first-order valence-corrected chi connectivity index (χ1v) is 9.58. The van der Waals surface area contributed by atoms with E-state index in [1.807, 2.05) is 0 Å². The van der Waals surface area contributed by atoms with Crippen molar-refractivity contribution < 1.29 is 19.1 Å². The molecule has 8 nitrogen and oxygen atoms in total. The lowest BCUT2D eigenvalue weighted by Crippen LogP contribution is -2.44. The summed E-state index contributed by atoms with van der Waals surface area (Å²) in [4.78, 5) is 41.9. The van der Waals surface area contributed by atoms with E-state index in [0.29, 0.717) is 31.6 Å². The van der Waals surface area contributed by atoms with Crippen molar-refractivity contribution in [1.82, 2.24) is 15.2 Å². The highest BCUT2D eigenvalue weighted by Gasteiger charge is 2.44. The van der Waals surface area contributed by atoms with Gasteiger partial charge in [-0.05, 0) is 50.2 Å². The van der Waals surface area contributed by atoms with Crippen LogP contribution in [0.3, 0.4) is 0 Å². The summed E-state index contributed by atoms with van der Waals surface area (Å²) in [5.41, 5.74) is 5.62. The number of rotatable bonds is 6. The van der Waals surface area contributed by atoms with Crippen LogP contribution in [0.15, 0.2) is 18.3 Å². The van der Waals surface area contributed by atoms with Crippen LogP contribution >= 0.6 is 0 Å². The molecular weight excluding hydrogens is 348 g/mol. The highest BCUT2D eigenvalue weighted by Crippen LogP contribution is 2.36. The third-order valence-corrected chi connectivity index (χ3v) is 5.64. The van der Waals surface area contributed by atoms with Crippen molar-refractivity contribution in [2.45, 2.75) is 63.1 Å². The highest BCUT2D eigenvalue weighted by atomic mass is 16.5. The van der Waals surface area contributed by atoms with E-state index in [-0.39, 0.29) is 41.6 Å². The first-order chi connectivity index (χ1) is 13.0. The average Bonchev–Trinajstić information content (AvgIpc) is 3.42. The van der Waals surface area contributed by atoms with Crippen LogP contribution in [0.4, 0.5) is 4.79 Å². The second-order valence-electron chi connectivity index (χ2n) is 7.66. The smallest absolute Gasteiger partial charge is 0.325 e. The third-order valence-electron chi connectivity index (χ3n) is 5.64. The Labute approximate surface area is 157 Å². The molecule has 1 atom stereocenters. The Morgan fingerprint density at radius 3 is 2.63 bits per heavy atom. The summed E-state index contributed by atoms with van der Waals surface area (Å²) in [5.74, 6) is 0.166. The van der Waals surface area contributed by atoms with Gasteiger partial charge in [0.1, 0.15) is 17.7 Å². The number of nitrogens with zero attached hydrogens (tertiary/aromatic N) is 2. The van der Waals surface area contributed by atoms with E-state index in [2.05, 4.69) is 10.3 Å². The number of carbonyl (C=O) groups excluding carboxylic acids is 3. The van der Waals surface area contributed by atoms with Crippen molar-refractivity contribution in [2.75, 3.05) is 0 Å². The molecule has 1 aliphatic heterocycles. The van der Waals surface area contributed by atoms with Crippen LogP contribution in [0, 0.1) is 5.92 Å². The van der Waals surface area contributed by atoms with E-state index in [1.54, 1.807) is 18.3 Å². The highest BCUT2D eigenvalue weighted by molar-refractivity contribution is 6.04. The fourth-order valence-electron chi connectivity index (χ4n) is 3.99. The topological polar surface area (TPSA) is 115 Å². The maximum absolute atomic E-state index is 12.6. The molecule has 1 saturated heterocycles. The van der Waals surface area contributed by atoms with Crippen LogP contribution in [0.1, 0.15) is 55.3 Å². The summed E-state index contributed by atoms with van der Waals surface area (Å²) < 4.78 is 5.88. The second-order valence-corrected chi connectivity index (χ2v) is 7.66. The maximum atomic E-state index is 12.6. The number of carbonyl (C=O) groups is 3. The molecule has 0 unspecified atom stereocenters. The molecule has 0 radical (unpaired) electrons. The lowest BCUT2D eigenvalue weighted by atomic mass is 9.91. The molecule has 2 heterocycles. The monoisotopic (exact) mass is 372 g/mol. The Bertz CT molecular complexity index is 756. The van der Waals surface area contributed by atoms with Gasteiger partial charge in [-0.25, -0.2) is 9.78 Å². The van der Waals surface area contributed by atoms with E-state index in [1.165, 1.54) is 4.90 Å². The predicted molar refractivity (Wildman–Crippen MR) is 95.9 cm³/mol. The number of hydrogen-bond acceptors (Lipinski definition) is 5. The molecule has 3 N–H and O–H groups in total. The Kier molecular flexibility index (Phi) is 4.72. The minimum absolute atomic E-state index is 0.0861. The van der Waals surface area contributed by atoms with E-state index < -0.39 is 5.91 Å². The number of imide groups is 1. The molecule has 1 aromatic rings. The molecule has 3 fully saturated rings. The number of nitrogens with one attached hydrogen (secondary N) is 1. The van der Waals surface area contributed by atoms with Crippen molar-refractivity contribution in [1.29, 1.82) is 0 Å². The first kappa shape index (κ1) is 17.8. The molecule has 0 bridgehead atoms. The zero-order chi connectivity index (χ0) is 19.0. The molecule has 1 aromatic heterocycles. The zero-order valence-corrected chi connectivity index (χ0v) is 15.1. The maximum Gasteiger partial charge on any atom is 0.325 e. The van der Waals surface area contributed by atoms with Crippen molar-refractivity contribution in [2.24, 2.45) is 11.7 Å². The van der Waals surface area contributed by atoms with Gasteiger partial charge in [-0.1, -0.05) is 12.8 Å². The van der Waals surface area contributed by atoms with Crippen LogP contribution in [0.2, 0.25) is 0 Å². The Morgan fingerprint density at radius 2 is 1.96 bits per heavy atom. The largest absolute Gasteiger partial charge is 0.474 e.